The monoisotopic (exact) mass is 286 g/mol. The third kappa shape index (κ3) is 10.2. The van der Waals surface area contributed by atoms with E-state index in [1.165, 1.54) is 6.42 Å². The fourth-order valence-corrected chi connectivity index (χ4v) is 2.15. The van der Waals surface area contributed by atoms with Gasteiger partial charge in [-0.25, -0.2) is 0 Å². The van der Waals surface area contributed by atoms with E-state index in [4.69, 9.17) is 5.11 Å². The number of likely N-dealkylation sites (tertiary alicyclic amines) is 1. The van der Waals surface area contributed by atoms with E-state index in [0.29, 0.717) is 6.04 Å². The van der Waals surface area contributed by atoms with E-state index < -0.39 is 0 Å². The van der Waals surface area contributed by atoms with Gasteiger partial charge in [-0.2, -0.15) is 0 Å². The molecule has 0 spiro atoms. The molecule has 0 radical (unpaired) electrons. The van der Waals surface area contributed by atoms with Crippen molar-refractivity contribution < 1.29 is 9.90 Å². The quantitative estimate of drug-likeness (QED) is 0.815. The topological polar surface area (TPSA) is 52.6 Å². The summed E-state index contributed by atoms with van der Waals surface area (Å²) in [6.45, 7) is 13.2. The summed E-state index contributed by atoms with van der Waals surface area (Å²) >= 11 is 0. The molecule has 1 aliphatic rings. The molecule has 0 aromatic rings. The second kappa shape index (κ2) is 11.1. The standard InChI is InChI=1S/C12H24N2O2.C4H10/c1-10(2)13-6-3-11-4-7-14(8-5-11)12(16)9-15;1-4(2)3/h10-11,13,15H,3-9H2,1-2H3;4H,1-3H3. The highest BCUT2D eigenvalue weighted by Gasteiger charge is 2.21. The molecule has 2 N–H and O–H groups in total. The molecule has 4 heteroatoms. The van der Waals surface area contributed by atoms with Crippen LogP contribution in [-0.4, -0.2) is 48.2 Å². The maximum absolute atomic E-state index is 11.2. The summed E-state index contributed by atoms with van der Waals surface area (Å²) in [5, 5.41) is 12.2. The molecular weight excluding hydrogens is 252 g/mol. The van der Waals surface area contributed by atoms with E-state index in [0.717, 1.165) is 44.3 Å². The zero-order valence-corrected chi connectivity index (χ0v) is 14.0. The second-order valence-electron chi connectivity index (χ2n) is 6.61. The Bertz CT molecular complexity index is 244. The van der Waals surface area contributed by atoms with Crippen LogP contribution >= 0.6 is 0 Å². The normalized spacial score (nSPS) is 16.3. The van der Waals surface area contributed by atoms with E-state index in [1.807, 2.05) is 0 Å². The first-order valence-corrected chi connectivity index (χ1v) is 7.98. The van der Waals surface area contributed by atoms with E-state index in [1.54, 1.807) is 4.90 Å². The Kier molecular flexibility index (Phi) is 10.8. The molecule has 1 aliphatic heterocycles. The van der Waals surface area contributed by atoms with Gasteiger partial charge >= 0.3 is 0 Å². The van der Waals surface area contributed by atoms with E-state index in [9.17, 15) is 4.79 Å². The Morgan fingerprint density at radius 2 is 1.70 bits per heavy atom. The number of aliphatic hydroxyl groups excluding tert-OH is 1. The molecule has 0 aliphatic carbocycles. The van der Waals surface area contributed by atoms with Crippen molar-refractivity contribution in [2.24, 2.45) is 11.8 Å². The summed E-state index contributed by atoms with van der Waals surface area (Å²) in [7, 11) is 0. The smallest absolute Gasteiger partial charge is 0.248 e. The van der Waals surface area contributed by atoms with Crippen LogP contribution in [0.3, 0.4) is 0 Å². The molecule has 0 bridgehead atoms. The number of rotatable bonds is 5. The average molecular weight is 286 g/mol. The minimum absolute atomic E-state index is 0.126. The van der Waals surface area contributed by atoms with Crippen LogP contribution < -0.4 is 5.32 Å². The molecule has 1 heterocycles. The molecule has 4 nitrogen and oxygen atoms in total. The van der Waals surface area contributed by atoms with Crippen LogP contribution in [0.1, 0.15) is 53.9 Å². The highest BCUT2D eigenvalue weighted by molar-refractivity contribution is 5.77. The van der Waals surface area contributed by atoms with Crippen molar-refractivity contribution in [2.45, 2.75) is 59.9 Å². The largest absolute Gasteiger partial charge is 0.387 e. The highest BCUT2D eigenvalue weighted by atomic mass is 16.3. The molecule has 0 unspecified atom stereocenters. The Morgan fingerprint density at radius 1 is 1.20 bits per heavy atom. The van der Waals surface area contributed by atoms with Gasteiger partial charge in [0.15, 0.2) is 0 Å². The van der Waals surface area contributed by atoms with Gasteiger partial charge in [-0.1, -0.05) is 34.6 Å². The number of amides is 1. The first kappa shape index (κ1) is 19.4. The Labute approximate surface area is 124 Å². The minimum Gasteiger partial charge on any atom is -0.387 e. The summed E-state index contributed by atoms with van der Waals surface area (Å²) < 4.78 is 0. The molecule has 120 valence electrons. The molecule has 0 aromatic carbocycles. The SMILES string of the molecule is CC(C)C.CC(C)NCCC1CCN(C(=O)CO)CC1. The van der Waals surface area contributed by atoms with Crippen LogP contribution in [0.4, 0.5) is 0 Å². The minimum atomic E-state index is -0.348. The van der Waals surface area contributed by atoms with Gasteiger partial charge in [0.25, 0.3) is 0 Å². The molecule has 20 heavy (non-hydrogen) atoms. The zero-order valence-electron chi connectivity index (χ0n) is 14.0. The van der Waals surface area contributed by atoms with Crippen molar-refractivity contribution in [3.05, 3.63) is 0 Å². The van der Waals surface area contributed by atoms with Gasteiger partial charge in [0.2, 0.25) is 5.91 Å². The van der Waals surface area contributed by atoms with E-state index in [2.05, 4.69) is 39.9 Å². The Morgan fingerprint density at radius 3 is 2.10 bits per heavy atom. The molecule has 1 saturated heterocycles. The lowest BCUT2D eigenvalue weighted by Crippen LogP contribution is -2.40. The summed E-state index contributed by atoms with van der Waals surface area (Å²) in [6.07, 6.45) is 3.34. The highest BCUT2D eigenvalue weighted by Crippen LogP contribution is 2.19. The average Bonchev–Trinajstić information content (AvgIpc) is 2.37. The van der Waals surface area contributed by atoms with Crippen molar-refractivity contribution in [1.82, 2.24) is 10.2 Å². The van der Waals surface area contributed by atoms with Gasteiger partial charge in [0.05, 0.1) is 0 Å². The molecule has 0 atom stereocenters. The number of nitrogens with one attached hydrogen (secondary N) is 1. The van der Waals surface area contributed by atoms with Gasteiger partial charge < -0.3 is 15.3 Å². The number of piperidine rings is 1. The van der Waals surface area contributed by atoms with Crippen LogP contribution in [0.2, 0.25) is 0 Å². The Balaban J connectivity index is 0.000000796. The van der Waals surface area contributed by atoms with Crippen molar-refractivity contribution in [3.8, 4) is 0 Å². The van der Waals surface area contributed by atoms with Crippen LogP contribution in [-0.2, 0) is 4.79 Å². The van der Waals surface area contributed by atoms with E-state index >= 15 is 0 Å². The number of aliphatic hydroxyl groups is 1. The lowest BCUT2D eigenvalue weighted by molar-refractivity contribution is -0.135. The van der Waals surface area contributed by atoms with Crippen molar-refractivity contribution in [3.63, 3.8) is 0 Å². The molecule has 1 fully saturated rings. The molecule has 0 saturated carbocycles. The third-order valence-electron chi connectivity index (χ3n) is 3.21. The van der Waals surface area contributed by atoms with Crippen LogP contribution in [0.25, 0.3) is 0 Å². The van der Waals surface area contributed by atoms with Crippen LogP contribution in [0, 0.1) is 11.8 Å². The predicted octanol–water partition coefficient (Wildman–Crippen LogP) is 2.27. The molecule has 1 amide bonds. The van der Waals surface area contributed by atoms with Gasteiger partial charge in [-0.15, -0.1) is 0 Å². The Hall–Kier alpha value is -0.610. The van der Waals surface area contributed by atoms with Gasteiger partial charge in [-0.05, 0) is 37.6 Å². The third-order valence-corrected chi connectivity index (χ3v) is 3.21. The fourth-order valence-electron chi connectivity index (χ4n) is 2.15. The number of nitrogens with zero attached hydrogens (tertiary/aromatic N) is 1. The summed E-state index contributed by atoms with van der Waals surface area (Å²) in [5.74, 6) is 1.44. The molecule has 0 aromatic heterocycles. The summed E-state index contributed by atoms with van der Waals surface area (Å²) in [4.78, 5) is 13.0. The van der Waals surface area contributed by atoms with Crippen molar-refractivity contribution in [1.29, 1.82) is 0 Å². The van der Waals surface area contributed by atoms with Crippen molar-refractivity contribution >= 4 is 5.91 Å². The maximum atomic E-state index is 11.2. The van der Waals surface area contributed by atoms with Gasteiger partial charge in [0, 0.05) is 19.1 Å². The van der Waals surface area contributed by atoms with E-state index in [-0.39, 0.29) is 12.5 Å². The number of carbonyl (C=O) groups is 1. The first-order valence-electron chi connectivity index (χ1n) is 7.98. The van der Waals surface area contributed by atoms with Gasteiger partial charge in [0.1, 0.15) is 6.61 Å². The van der Waals surface area contributed by atoms with Crippen molar-refractivity contribution in [2.75, 3.05) is 26.2 Å². The summed E-state index contributed by atoms with van der Waals surface area (Å²) in [5.41, 5.74) is 0. The zero-order chi connectivity index (χ0) is 15.5. The molecular formula is C16H34N2O2. The maximum Gasteiger partial charge on any atom is 0.248 e. The summed E-state index contributed by atoms with van der Waals surface area (Å²) in [6, 6.07) is 0.552. The fraction of sp³-hybridized carbons (Fsp3) is 0.938. The number of hydrogen-bond acceptors (Lipinski definition) is 3. The number of carbonyl (C=O) groups excluding carboxylic acids is 1. The van der Waals surface area contributed by atoms with Gasteiger partial charge in [-0.3, -0.25) is 4.79 Å². The number of hydrogen-bond donors (Lipinski definition) is 2. The predicted molar refractivity (Wildman–Crippen MR) is 84.7 cm³/mol. The second-order valence-corrected chi connectivity index (χ2v) is 6.61. The lowest BCUT2D eigenvalue weighted by Gasteiger charge is -2.31. The van der Waals surface area contributed by atoms with Crippen LogP contribution in [0.15, 0.2) is 0 Å². The lowest BCUT2D eigenvalue weighted by atomic mass is 9.93. The van der Waals surface area contributed by atoms with Crippen LogP contribution in [0.5, 0.6) is 0 Å². The molecule has 1 rings (SSSR count). The first-order chi connectivity index (χ1) is 9.36.